The number of aliphatic hydroxyl groups excluding tert-OH is 1. The van der Waals surface area contributed by atoms with E-state index in [0.717, 1.165) is 0 Å². The van der Waals surface area contributed by atoms with Gasteiger partial charge in [-0.2, -0.15) is 0 Å². The summed E-state index contributed by atoms with van der Waals surface area (Å²) in [6.45, 7) is 20.7. The first-order chi connectivity index (χ1) is 17.2. The first-order valence-corrected chi connectivity index (χ1v) is 22.3. The highest BCUT2D eigenvalue weighted by molar-refractivity contribution is 6.99. The number of epoxide rings is 1. The van der Waals surface area contributed by atoms with E-state index in [9.17, 15) is 5.11 Å². The van der Waals surface area contributed by atoms with Gasteiger partial charge >= 0.3 is 0 Å². The molecule has 3 rings (SSSR count). The van der Waals surface area contributed by atoms with Crippen molar-refractivity contribution < 1.29 is 23.1 Å². The summed E-state index contributed by atoms with van der Waals surface area (Å²) in [7, 11) is -6.55. The molecule has 2 aromatic carbocycles. The molecule has 1 fully saturated rings. The minimum Gasteiger partial charge on any atom is -0.412 e. The third-order valence-corrected chi connectivity index (χ3v) is 13.7. The van der Waals surface area contributed by atoms with E-state index in [1.54, 1.807) is 0 Å². The molecule has 2 aromatic rings. The second kappa shape index (κ2) is 12.0. The summed E-state index contributed by atoms with van der Waals surface area (Å²) in [6, 6.07) is 21.5. The molecule has 1 heterocycles. The standard InChI is InChI=1S/C29H48O5Si3/c1-29(2,3)37(23-16-12-10-13-17-23,24-18-14-11-15-19-24)31-22-28(34-36(7,8)9)26(33-35(4,5)6)20-25-27(21-30)32-25/h10-19,25-28,30H,20-22H2,1-9H3/t25-,26+,27-,28-/m1/s1. The van der Waals surface area contributed by atoms with Crippen LogP contribution in [0.3, 0.4) is 0 Å². The first kappa shape index (κ1) is 30.4. The van der Waals surface area contributed by atoms with Crippen molar-refractivity contribution in [3.05, 3.63) is 60.7 Å². The summed E-state index contributed by atoms with van der Waals surface area (Å²) in [6.07, 6.45) is 0.237. The average molecular weight is 561 g/mol. The largest absolute Gasteiger partial charge is 0.412 e. The number of ether oxygens (including phenoxy) is 1. The van der Waals surface area contributed by atoms with E-state index in [-0.39, 0.29) is 36.1 Å². The third-order valence-electron chi connectivity index (χ3n) is 6.64. The van der Waals surface area contributed by atoms with Gasteiger partial charge < -0.3 is 23.1 Å². The van der Waals surface area contributed by atoms with Crippen LogP contribution in [0.1, 0.15) is 27.2 Å². The van der Waals surface area contributed by atoms with Crippen molar-refractivity contribution in [1.82, 2.24) is 0 Å². The molecule has 1 saturated heterocycles. The molecule has 1 aliphatic rings. The van der Waals surface area contributed by atoms with Crippen molar-refractivity contribution in [3.8, 4) is 0 Å². The zero-order chi connectivity index (χ0) is 27.5. The molecule has 37 heavy (non-hydrogen) atoms. The number of hydrogen-bond acceptors (Lipinski definition) is 5. The fourth-order valence-corrected chi connectivity index (χ4v) is 12.0. The summed E-state index contributed by atoms with van der Waals surface area (Å²) >= 11 is 0. The van der Waals surface area contributed by atoms with Gasteiger partial charge in [0.25, 0.3) is 8.32 Å². The molecule has 0 aliphatic carbocycles. The summed E-state index contributed by atoms with van der Waals surface area (Å²) in [5.41, 5.74) is 0. The minimum absolute atomic E-state index is 0.00644. The van der Waals surface area contributed by atoms with Gasteiger partial charge in [-0.1, -0.05) is 81.4 Å². The van der Waals surface area contributed by atoms with Crippen LogP contribution in [0, 0.1) is 0 Å². The summed E-state index contributed by atoms with van der Waals surface area (Å²) in [5, 5.41) is 12.0. The van der Waals surface area contributed by atoms with E-state index in [2.05, 4.69) is 121 Å². The normalized spacial score (nSPS) is 20.5. The molecule has 0 amide bonds. The minimum atomic E-state index is -2.72. The molecule has 0 unspecified atom stereocenters. The van der Waals surface area contributed by atoms with Crippen LogP contribution in [0.2, 0.25) is 44.3 Å². The smallest absolute Gasteiger partial charge is 0.261 e. The van der Waals surface area contributed by atoms with Crippen molar-refractivity contribution in [1.29, 1.82) is 0 Å². The quantitative estimate of drug-likeness (QED) is 0.271. The average Bonchev–Trinajstić information content (AvgIpc) is 3.55. The van der Waals surface area contributed by atoms with Crippen LogP contribution in [0.5, 0.6) is 0 Å². The van der Waals surface area contributed by atoms with Crippen LogP contribution in [0.25, 0.3) is 0 Å². The topological polar surface area (TPSA) is 60.5 Å². The number of rotatable bonds is 13. The molecule has 0 spiro atoms. The summed E-state index contributed by atoms with van der Waals surface area (Å²) in [5.74, 6) is 0. The van der Waals surface area contributed by atoms with Gasteiger partial charge in [0.15, 0.2) is 16.6 Å². The third kappa shape index (κ3) is 8.19. The van der Waals surface area contributed by atoms with E-state index < -0.39 is 25.0 Å². The van der Waals surface area contributed by atoms with Crippen LogP contribution < -0.4 is 10.4 Å². The van der Waals surface area contributed by atoms with Crippen molar-refractivity contribution in [3.63, 3.8) is 0 Å². The second-order valence-corrected chi connectivity index (χ2v) is 26.4. The van der Waals surface area contributed by atoms with Crippen molar-refractivity contribution in [2.45, 2.75) is 95.9 Å². The van der Waals surface area contributed by atoms with Gasteiger partial charge in [-0.25, -0.2) is 0 Å². The molecule has 0 saturated carbocycles. The second-order valence-electron chi connectivity index (χ2n) is 13.1. The van der Waals surface area contributed by atoms with Crippen LogP contribution in [-0.4, -0.2) is 67.7 Å². The molecule has 5 nitrogen and oxygen atoms in total. The predicted molar refractivity (Wildman–Crippen MR) is 160 cm³/mol. The molecule has 4 atom stereocenters. The lowest BCUT2D eigenvalue weighted by Crippen LogP contribution is -2.67. The van der Waals surface area contributed by atoms with Gasteiger partial charge in [0.05, 0.1) is 31.5 Å². The van der Waals surface area contributed by atoms with Gasteiger partial charge in [0.1, 0.15) is 6.10 Å². The Bertz CT molecular complexity index is 928. The fourth-order valence-electron chi connectivity index (χ4n) is 5.15. The number of hydrogen-bond donors (Lipinski definition) is 1. The fraction of sp³-hybridized carbons (Fsp3) is 0.586. The Balaban J connectivity index is 2.03. The monoisotopic (exact) mass is 560 g/mol. The summed E-state index contributed by atoms with van der Waals surface area (Å²) in [4.78, 5) is 0. The maximum atomic E-state index is 9.60. The van der Waals surface area contributed by atoms with E-state index in [1.807, 2.05) is 0 Å². The molecule has 0 bridgehead atoms. The Labute approximate surface area is 227 Å². The molecule has 1 aliphatic heterocycles. The van der Waals surface area contributed by atoms with Crippen molar-refractivity contribution in [2.24, 2.45) is 0 Å². The van der Waals surface area contributed by atoms with Crippen LogP contribution in [0.15, 0.2) is 60.7 Å². The molecule has 1 N–H and O–H groups in total. The predicted octanol–water partition coefficient (Wildman–Crippen LogP) is 5.15. The van der Waals surface area contributed by atoms with E-state index in [0.29, 0.717) is 13.0 Å². The Morgan fingerprint density at radius 1 is 0.757 bits per heavy atom. The van der Waals surface area contributed by atoms with Gasteiger partial charge in [0, 0.05) is 6.42 Å². The molecule has 0 radical (unpaired) electrons. The highest BCUT2D eigenvalue weighted by Gasteiger charge is 2.51. The van der Waals surface area contributed by atoms with E-state index in [4.69, 9.17) is 18.0 Å². The lowest BCUT2D eigenvalue weighted by Gasteiger charge is -2.45. The van der Waals surface area contributed by atoms with Crippen LogP contribution >= 0.6 is 0 Å². The Hall–Kier alpha value is -1.11. The molecular weight excluding hydrogens is 513 g/mol. The van der Waals surface area contributed by atoms with Crippen LogP contribution in [0.4, 0.5) is 0 Å². The van der Waals surface area contributed by atoms with Crippen molar-refractivity contribution in [2.75, 3.05) is 13.2 Å². The first-order valence-electron chi connectivity index (χ1n) is 13.5. The maximum Gasteiger partial charge on any atom is 0.261 e. The van der Waals surface area contributed by atoms with Crippen molar-refractivity contribution >= 4 is 35.3 Å². The Kier molecular flexibility index (Phi) is 9.84. The number of benzene rings is 2. The van der Waals surface area contributed by atoms with Gasteiger partial charge in [-0.3, -0.25) is 0 Å². The Morgan fingerprint density at radius 3 is 1.59 bits per heavy atom. The molecule has 8 heteroatoms. The maximum absolute atomic E-state index is 9.60. The van der Waals surface area contributed by atoms with E-state index in [1.165, 1.54) is 10.4 Å². The Morgan fingerprint density at radius 2 is 1.22 bits per heavy atom. The summed E-state index contributed by atoms with van der Waals surface area (Å²) < 4.78 is 26.6. The SMILES string of the molecule is CC(C)(C)[Si](OC[C@@H](O[Si](C)(C)C)[C@H](C[C@H]1O[C@@H]1CO)O[Si](C)(C)C)(c1ccccc1)c1ccccc1. The molecule has 206 valence electrons. The van der Waals surface area contributed by atoms with E-state index >= 15 is 0 Å². The van der Waals surface area contributed by atoms with Crippen LogP contribution in [-0.2, 0) is 18.0 Å². The van der Waals surface area contributed by atoms with Gasteiger partial charge in [0.2, 0.25) is 0 Å². The lowest BCUT2D eigenvalue weighted by molar-refractivity contribution is 0.00398. The zero-order valence-electron chi connectivity index (χ0n) is 24.3. The zero-order valence-corrected chi connectivity index (χ0v) is 27.3. The highest BCUT2D eigenvalue weighted by Crippen LogP contribution is 2.38. The number of aliphatic hydroxyl groups is 1. The highest BCUT2D eigenvalue weighted by atomic mass is 28.4. The lowest BCUT2D eigenvalue weighted by atomic mass is 10.1. The molecule has 0 aromatic heterocycles. The van der Waals surface area contributed by atoms with Gasteiger partial charge in [-0.05, 0) is 54.7 Å². The van der Waals surface area contributed by atoms with Gasteiger partial charge in [-0.15, -0.1) is 0 Å². The molecular formula is C29H48O5Si3.